The van der Waals surface area contributed by atoms with Crippen LogP contribution >= 0.6 is 0 Å². The number of imidazole rings is 1. The maximum absolute atomic E-state index is 10.5. The van der Waals surface area contributed by atoms with Crippen LogP contribution in [0.3, 0.4) is 0 Å². The fraction of sp³-hybridized carbons (Fsp3) is 0.125. The van der Waals surface area contributed by atoms with Crippen molar-refractivity contribution < 1.29 is 9.84 Å². The van der Waals surface area contributed by atoms with E-state index in [9.17, 15) is 5.11 Å². The van der Waals surface area contributed by atoms with E-state index in [4.69, 9.17) is 10.5 Å². The molecule has 0 amide bonds. The Bertz CT molecular complexity index is 931. The van der Waals surface area contributed by atoms with E-state index < -0.39 is 6.17 Å². The molecule has 0 aliphatic carbocycles. The third-order valence-corrected chi connectivity index (χ3v) is 3.87. The number of nitrogens with zero attached hydrogens (tertiary/aromatic N) is 3. The molecule has 4 N–H and O–H groups in total. The number of fused-ring (bicyclic) bond motifs is 3. The van der Waals surface area contributed by atoms with Crippen molar-refractivity contribution in [3.63, 3.8) is 0 Å². The summed E-state index contributed by atoms with van der Waals surface area (Å²) in [6, 6.07) is 13.0. The van der Waals surface area contributed by atoms with Gasteiger partial charge in [-0.2, -0.15) is 0 Å². The first-order chi connectivity index (χ1) is 11.2. The van der Waals surface area contributed by atoms with Gasteiger partial charge in [-0.05, 0) is 18.2 Å². The predicted octanol–water partition coefficient (Wildman–Crippen LogP) is 2.04. The number of rotatable bonds is 2. The van der Waals surface area contributed by atoms with Crippen LogP contribution in [-0.4, -0.2) is 27.7 Å². The van der Waals surface area contributed by atoms with E-state index in [-0.39, 0.29) is 11.7 Å². The van der Waals surface area contributed by atoms with Gasteiger partial charge in [0.25, 0.3) is 0 Å². The van der Waals surface area contributed by atoms with E-state index in [0.29, 0.717) is 17.3 Å². The van der Waals surface area contributed by atoms with E-state index >= 15 is 0 Å². The lowest BCUT2D eigenvalue weighted by molar-refractivity contribution is 0.367. The molecule has 4 rings (SSSR count). The van der Waals surface area contributed by atoms with E-state index in [1.807, 2.05) is 28.8 Å². The largest absolute Gasteiger partial charge is 0.504 e. The second-order valence-corrected chi connectivity index (χ2v) is 5.21. The minimum absolute atomic E-state index is 0.0437. The molecule has 1 aliphatic heterocycles. The van der Waals surface area contributed by atoms with E-state index in [1.54, 1.807) is 18.2 Å². The van der Waals surface area contributed by atoms with Gasteiger partial charge in [-0.1, -0.05) is 24.3 Å². The van der Waals surface area contributed by atoms with Gasteiger partial charge in [-0.3, -0.25) is 9.88 Å². The number of anilines is 1. The van der Waals surface area contributed by atoms with Gasteiger partial charge in [0.2, 0.25) is 5.95 Å². The van der Waals surface area contributed by atoms with Crippen molar-refractivity contribution in [1.82, 2.24) is 9.55 Å². The number of aliphatic imine (C=N–C) groups is 1. The molecule has 1 aromatic heterocycles. The number of hydrogen-bond acceptors (Lipinski definition) is 6. The van der Waals surface area contributed by atoms with Gasteiger partial charge in [0, 0.05) is 5.56 Å². The van der Waals surface area contributed by atoms with Crippen LogP contribution in [0.15, 0.2) is 47.5 Å². The van der Waals surface area contributed by atoms with Crippen LogP contribution in [0, 0.1) is 0 Å². The van der Waals surface area contributed by atoms with Gasteiger partial charge < -0.3 is 15.6 Å². The first kappa shape index (κ1) is 13.4. The molecule has 3 aromatic rings. The molecule has 0 saturated carbocycles. The highest BCUT2D eigenvalue weighted by Crippen LogP contribution is 2.39. The monoisotopic (exact) mass is 309 g/mol. The third kappa shape index (κ3) is 1.97. The number of hydrogen-bond donors (Lipinski definition) is 3. The molecule has 0 radical (unpaired) electrons. The standard InChI is InChI=1S/C16H15N5O2/c1-23-12-8-4-5-9(13(12)22)14-19-15(17)20-16-18-10-6-2-3-7-11(10)21(14)16/h2-8,14,22H,1H3,(H3,17,18,19,20)/t14-/m1/s1. The van der Waals surface area contributed by atoms with Crippen molar-refractivity contribution in [1.29, 1.82) is 0 Å². The predicted molar refractivity (Wildman–Crippen MR) is 87.8 cm³/mol. The average molecular weight is 309 g/mol. The van der Waals surface area contributed by atoms with Gasteiger partial charge in [0.05, 0.1) is 18.1 Å². The smallest absolute Gasteiger partial charge is 0.212 e. The average Bonchev–Trinajstić information content (AvgIpc) is 2.92. The normalized spacial score (nSPS) is 16.6. The third-order valence-electron chi connectivity index (χ3n) is 3.87. The summed E-state index contributed by atoms with van der Waals surface area (Å²) in [5.41, 5.74) is 8.22. The number of phenolic OH excluding ortho intramolecular Hbond substituents is 1. The summed E-state index contributed by atoms with van der Waals surface area (Å²) in [7, 11) is 1.51. The van der Waals surface area contributed by atoms with Gasteiger partial charge in [-0.15, -0.1) is 0 Å². The number of nitrogens with one attached hydrogen (secondary N) is 1. The summed E-state index contributed by atoms with van der Waals surface area (Å²) >= 11 is 0. The van der Waals surface area contributed by atoms with Gasteiger partial charge in [-0.25, -0.2) is 9.98 Å². The summed E-state index contributed by atoms with van der Waals surface area (Å²) in [5, 5.41) is 13.4. The molecule has 2 aromatic carbocycles. The lowest BCUT2D eigenvalue weighted by Gasteiger charge is -2.24. The Balaban J connectivity index is 1.98. The van der Waals surface area contributed by atoms with Crippen LogP contribution in [0.25, 0.3) is 11.0 Å². The maximum Gasteiger partial charge on any atom is 0.212 e. The van der Waals surface area contributed by atoms with Crippen molar-refractivity contribution in [2.24, 2.45) is 10.7 Å². The highest BCUT2D eigenvalue weighted by molar-refractivity contribution is 5.94. The Morgan fingerprint density at radius 3 is 2.87 bits per heavy atom. The molecule has 0 saturated heterocycles. The number of aromatic hydroxyl groups is 1. The molecule has 0 fully saturated rings. The number of ether oxygens (including phenoxy) is 1. The van der Waals surface area contributed by atoms with Crippen molar-refractivity contribution in [3.8, 4) is 11.5 Å². The molecule has 1 atom stereocenters. The number of para-hydroxylation sites is 3. The van der Waals surface area contributed by atoms with E-state index in [2.05, 4.69) is 15.3 Å². The maximum atomic E-state index is 10.5. The van der Waals surface area contributed by atoms with Crippen molar-refractivity contribution in [2.45, 2.75) is 6.17 Å². The van der Waals surface area contributed by atoms with Crippen LogP contribution in [0.5, 0.6) is 11.5 Å². The minimum Gasteiger partial charge on any atom is -0.504 e. The van der Waals surface area contributed by atoms with Crippen molar-refractivity contribution in [2.75, 3.05) is 12.4 Å². The summed E-state index contributed by atoms with van der Waals surface area (Å²) in [6.07, 6.45) is -0.520. The fourth-order valence-corrected chi connectivity index (χ4v) is 2.84. The Labute approximate surface area is 132 Å². The molecular weight excluding hydrogens is 294 g/mol. The summed E-state index contributed by atoms with van der Waals surface area (Å²) in [4.78, 5) is 8.97. The van der Waals surface area contributed by atoms with Gasteiger partial charge in [0.15, 0.2) is 23.6 Å². The van der Waals surface area contributed by atoms with Gasteiger partial charge >= 0.3 is 0 Å². The number of guanidine groups is 1. The topological polar surface area (TPSA) is 97.7 Å². The van der Waals surface area contributed by atoms with E-state index in [0.717, 1.165) is 11.0 Å². The first-order valence-electron chi connectivity index (χ1n) is 7.12. The van der Waals surface area contributed by atoms with Crippen molar-refractivity contribution in [3.05, 3.63) is 48.0 Å². The molecule has 0 unspecified atom stereocenters. The Kier molecular flexibility index (Phi) is 2.87. The lowest BCUT2D eigenvalue weighted by atomic mass is 10.1. The van der Waals surface area contributed by atoms with Crippen LogP contribution in [0.1, 0.15) is 11.7 Å². The molecule has 1 aliphatic rings. The molecule has 0 spiro atoms. The molecule has 116 valence electrons. The molecule has 7 heteroatoms. The number of phenols is 1. The lowest BCUT2D eigenvalue weighted by Crippen LogP contribution is -2.31. The van der Waals surface area contributed by atoms with Crippen LogP contribution < -0.4 is 15.8 Å². The molecule has 23 heavy (non-hydrogen) atoms. The highest BCUT2D eigenvalue weighted by atomic mass is 16.5. The molecule has 0 bridgehead atoms. The Morgan fingerprint density at radius 1 is 1.22 bits per heavy atom. The zero-order chi connectivity index (χ0) is 16.0. The van der Waals surface area contributed by atoms with Crippen molar-refractivity contribution >= 4 is 22.9 Å². The number of methoxy groups -OCH3 is 1. The Hall–Kier alpha value is -3.22. The van der Waals surface area contributed by atoms with Crippen LogP contribution in [0.4, 0.5) is 5.95 Å². The number of nitrogens with two attached hydrogens (primary N) is 1. The Morgan fingerprint density at radius 2 is 2.04 bits per heavy atom. The zero-order valence-corrected chi connectivity index (χ0v) is 12.4. The number of aromatic nitrogens is 2. The summed E-state index contributed by atoms with van der Waals surface area (Å²) in [5.74, 6) is 1.27. The number of benzene rings is 2. The minimum atomic E-state index is -0.520. The molecular formula is C16H15N5O2. The van der Waals surface area contributed by atoms with E-state index in [1.165, 1.54) is 7.11 Å². The second kappa shape index (κ2) is 4.91. The van der Waals surface area contributed by atoms with Crippen LogP contribution in [0.2, 0.25) is 0 Å². The fourth-order valence-electron chi connectivity index (χ4n) is 2.84. The highest BCUT2D eigenvalue weighted by Gasteiger charge is 2.27. The second-order valence-electron chi connectivity index (χ2n) is 5.21. The summed E-state index contributed by atoms with van der Waals surface area (Å²) in [6.45, 7) is 0. The van der Waals surface area contributed by atoms with Gasteiger partial charge in [0.1, 0.15) is 0 Å². The zero-order valence-electron chi connectivity index (χ0n) is 12.4. The molecule has 7 nitrogen and oxygen atoms in total. The van der Waals surface area contributed by atoms with Crippen LogP contribution in [-0.2, 0) is 0 Å². The quantitative estimate of drug-likeness (QED) is 0.673. The molecule has 2 heterocycles. The summed E-state index contributed by atoms with van der Waals surface area (Å²) < 4.78 is 7.09. The first-order valence-corrected chi connectivity index (χ1v) is 7.12. The SMILES string of the molecule is COc1cccc([C@@H]2N=C(N)Nc3nc4ccccc4n32)c1O.